The summed E-state index contributed by atoms with van der Waals surface area (Å²) in [6, 6.07) is -0.607. The number of ether oxygens (including phenoxy) is 1. The van der Waals surface area contributed by atoms with E-state index in [9.17, 15) is 14.4 Å². The maximum Gasteiger partial charge on any atom is 0.336 e. The van der Waals surface area contributed by atoms with Gasteiger partial charge in [0.15, 0.2) is 0 Å². The van der Waals surface area contributed by atoms with E-state index in [1.807, 2.05) is 5.32 Å². The number of cyclic esters (lactones) is 1. The van der Waals surface area contributed by atoms with Gasteiger partial charge in [0, 0.05) is 6.42 Å². The molecular formula is C8H8N2O4. The molecule has 0 aliphatic carbocycles. The molecule has 3 amide bonds. The summed E-state index contributed by atoms with van der Waals surface area (Å²) in [6.07, 6.45) is 0.109. The summed E-state index contributed by atoms with van der Waals surface area (Å²) in [4.78, 5) is 33.2. The second-order valence-corrected chi connectivity index (χ2v) is 3.18. The first-order valence-corrected chi connectivity index (χ1v) is 4.14. The second-order valence-electron chi connectivity index (χ2n) is 3.18. The molecule has 2 heterocycles. The fraction of sp³-hybridized carbons (Fsp3) is 0.375. The maximum atomic E-state index is 11.2. The van der Waals surface area contributed by atoms with Gasteiger partial charge in [-0.05, 0) is 6.92 Å². The van der Waals surface area contributed by atoms with Crippen LogP contribution in [0.15, 0.2) is 11.3 Å². The van der Waals surface area contributed by atoms with Gasteiger partial charge in [-0.25, -0.2) is 9.59 Å². The Kier molecular flexibility index (Phi) is 1.77. The molecule has 0 saturated carbocycles. The SMILES string of the molecule is CC1C/C(=C2/NC(=O)NC2=O)C(=O)O1. The van der Waals surface area contributed by atoms with E-state index in [4.69, 9.17) is 4.74 Å². The lowest BCUT2D eigenvalue weighted by Crippen LogP contribution is -2.22. The van der Waals surface area contributed by atoms with E-state index in [1.54, 1.807) is 6.92 Å². The Morgan fingerprint density at radius 3 is 2.43 bits per heavy atom. The van der Waals surface area contributed by atoms with E-state index in [1.165, 1.54) is 0 Å². The van der Waals surface area contributed by atoms with Crippen LogP contribution < -0.4 is 10.6 Å². The number of carbonyl (C=O) groups is 3. The van der Waals surface area contributed by atoms with E-state index in [-0.39, 0.29) is 17.4 Å². The standard InChI is InChI=1S/C8H8N2O4/c1-3-2-4(7(12)14-3)5-6(11)10-8(13)9-5/h3H,2H2,1H3,(H2,9,10,11,13)/b5-4-. The topological polar surface area (TPSA) is 84.5 Å². The summed E-state index contributed by atoms with van der Waals surface area (Å²) >= 11 is 0. The Balaban J connectivity index is 2.36. The molecule has 2 rings (SSSR count). The number of urea groups is 1. The van der Waals surface area contributed by atoms with Gasteiger partial charge >= 0.3 is 12.0 Å². The van der Waals surface area contributed by atoms with Crippen LogP contribution in [0.1, 0.15) is 13.3 Å². The number of rotatable bonds is 0. The minimum atomic E-state index is -0.607. The molecule has 1 unspecified atom stereocenters. The van der Waals surface area contributed by atoms with Gasteiger partial charge in [0.25, 0.3) is 5.91 Å². The van der Waals surface area contributed by atoms with E-state index >= 15 is 0 Å². The molecule has 0 aromatic carbocycles. The van der Waals surface area contributed by atoms with Crippen molar-refractivity contribution in [3.63, 3.8) is 0 Å². The number of esters is 1. The molecule has 2 saturated heterocycles. The number of carbonyl (C=O) groups excluding carboxylic acids is 3. The molecule has 2 aliphatic heterocycles. The van der Waals surface area contributed by atoms with Crippen LogP contribution in [0.3, 0.4) is 0 Å². The van der Waals surface area contributed by atoms with Crippen molar-refractivity contribution in [2.75, 3.05) is 0 Å². The van der Waals surface area contributed by atoms with Crippen molar-refractivity contribution in [2.24, 2.45) is 0 Å². The lowest BCUT2D eigenvalue weighted by molar-refractivity contribution is -0.138. The molecule has 0 bridgehead atoms. The Hall–Kier alpha value is -1.85. The molecule has 74 valence electrons. The average Bonchev–Trinajstić information content (AvgIpc) is 2.55. The Bertz CT molecular complexity index is 372. The fourth-order valence-electron chi connectivity index (χ4n) is 1.45. The number of hydrogen-bond donors (Lipinski definition) is 2. The van der Waals surface area contributed by atoms with Gasteiger partial charge in [-0.3, -0.25) is 10.1 Å². The maximum absolute atomic E-state index is 11.2. The summed E-state index contributed by atoms with van der Waals surface area (Å²) in [5.74, 6) is -1.11. The van der Waals surface area contributed by atoms with Crippen molar-refractivity contribution >= 4 is 17.9 Å². The van der Waals surface area contributed by atoms with Crippen molar-refractivity contribution in [1.29, 1.82) is 0 Å². The molecule has 2 aliphatic rings. The summed E-state index contributed by atoms with van der Waals surface area (Å²) in [5, 5.41) is 4.30. The van der Waals surface area contributed by atoms with Crippen LogP contribution in [-0.4, -0.2) is 24.0 Å². The van der Waals surface area contributed by atoms with Gasteiger partial charge < -0.3 is 10.1 Å². The zero-order chi connectivity index (χ0) is 10.3. The predicted molar refractivity (Wildman–Crippen MR) is 43.9 cm³/mol. The molecule has 0 aromatic rings. The first kappa shape index (κ1) is 8.74. The van der Waals surface area contributed by atoms with Gasteiger partial charge in [-0.2, -0.15) is 0 Å². The highest BCUT2D eigenvalue weighted by Crippen LogP contribution is 2.23. The summed E-state index contributed by atoms with van der Waals surface area (Å²) < 4.78 is 4.84. The molecule has 2 N–H and O–H groups in total. The number of nitrogens with one attached hydrogen (secondary N) is 2. The summed E-state index contributed by atoms with van der Waals surface area (Å²) in [6.45, 7) is 1.72. The molecule has 14 heavy (non-hydrogen) atoms. The van der Waals surface area contributed by atoms with Crippen molar-refractivity contribution in [3.05, 3.63) is 11.3 Å². The van der Waals surface area contributed by atoms with Crippen molar-refractivity contribution in [3.8, 4) is 0 Å². The Labute approximate surface area is 79.3 Å². The van der Waals surface area contributed by atoms with Gasteiger partial charge in [0.05, 0.1) is 5.57 Å². The highest BCUT2D eigenvalue weighted by atomic mass is 16.5. The molecule has 1 atom stereocenters. The lowest BCUT2D eigenvalue weighted by atomic mass is 10.1. The Morgan fingerprint density at radius 1 is 1.29 bits per heavy atom. The minimum absolute atomic E-state index is 0.0179. The van der Waals surface area contributed by atoms with Gasteiger partial charge in [0.1, 0.15) is 11.8 Å². The monoisotopic (exact) mass is 196 g/mol. The average molecular weight is 196 g/mol. The van der Waals surface area contributed by atoms with Gasteiger partial charge in [-0.1, -0.05) is 0 Å². The highest BCUT2D eigenvalue weighted by molar-refractivity contribution is 6.15. The molecule has 0 aromatic heterocycles. The fourth-order valence-corrected chi connectivity index (χ4v) is 1.45. The van der Waals surface area contributed by atoms with Gasteiger partial charge in [0.2, 0.25) is 0 Å². The normalized spacial score (nSPS) is 31.5. The molecule has 6 heteroatoms. The van der Waals surface area contributed by atoms with Crippen molar-refractivity contribution in [2.45, 2.75) is 19.4 Å². The first-order chi connectivity index (χ1) is 6.58. The van der Waals surface area contributed by atoms with Crippen LogP contribution in [0.25, 0.3) is 0 Å². The van der Waals surface area contributed by atoms with Crippen molar-refractivity contribution < 1.29 is 19.1 Å². The van der Waals surface area contributed by atoms with E-state index in [0.29, 0.717) is 6.42 Å². The van der Waals surface area contributed by atoms with Crippen LogP contribution in [-0.2, 0) is 14.3 Å². The third kappa shape index (κ3) is 1.24. The number of imide groups is 1. The quantitative estimate of drug-likeness (QED) is 0.308. The molecule has 6 nitrogen and oxygen atoms in total. The second kappa shape index (κ2) is 2.83. The third-order valence-corrected chi connectivity index (χ3v) is 2.04. The number of hydrogen-bond acceptors (Lipinski definition) is 4. The van der Waals surface area contributed by atoms with Crippen LogP contribution in [0.2, 0.25) is 0 Å². The predicted octanol–water partition coefficient (Wildman–Crippen LogP) is -0.585. The Morgan fingerprint density at radius 2 is 2.00 bits per heavy atom. The number of amides is 3. The van der Waals surface area contributed by atoms with E-state index in [0.717, 1.165) is 0 Å². The third-order valence-electron chi connectivity index (χ3n) is 2.04. The largest absolute Gasteiger partial charge is 0.459 e. The van der Waals surface area contributed by atoms with E-state index < -0.39 is 17.9 Å². The minimum Gasteiger partial charge on any atom is -0.459 e. The van der Waals surface area contributed by atoms with Crippen LogP contribution >= 0.6 is 0 Å². The van der Waals surface area contributed by atoms with Gasteiger partial charge in [-0.15, -0.1) is 0 Å². The lowest BCUT2D eigenvalue weighted by Gasteiger charge is -1.95. The zero-order valence-corrected chi connectivity index (χ0v) is 7.42. The highest BCUT2D eigenvalue weighted by Gasteiger charge is 2.35. The van der Waals surface area contributed by atoms with E-state index in [2.05, 4.69) is 5.32 Å². The first-order valence-electron chi connectivity index (χ1n) is 4.14. The summed E-state index contributed by atoms with van der Waals surface area (Å²) in [7, 11) is 0. The molecule has 0 spiro atoms. The smallest absolute Gasteiger partial charge is 0.336 e. The molecule has 0 radical (unpaired) electrons. The molecule has 2 fully saturated rings. The van der Waals surface area contributed by atoms with Crippen LogP contribution in [0, 0.1) is 0 Å². The van der Waals surface area contributed by atoms with Crippen LogP contribution in [0.4, 0.5) is 4.79 Å². The molecular weight excluding hydrogens is 188 g/mol. The zero-order valence-electron chi connectivity index (χ0n) is 7.42. The summed E-state index contributed by atoms with van der Waals surface area (Å²) in [5.41, 5.74) is 0.255. The van der Waals surface area contributed by atoms with Crippen molar-refractivity contribution in [1.82, 2.24) is 10.6 Å². The van der Waals surface area contributed by atoms with Crippen LogP contribution in [0.5, 0.6) is 0 Å².